The summed E-state index contributed by atoms with van der Waals surface area (Å²) in [6, 6.07) is 14.5. The molecular weight excluding hydrogens is 468 g/mol. The molecular formula is C28H30N6O3. The minimum Gasteiger partial charge on any atom is -0.389 e. The lowest BCUT2D eigenvalue weighted by atomic mass is 10.0. The van der Waals surface area contributed by atoms with Gasteiger partial charge in [-0.15, -0.1) is 0 Å². The van der Waals surface area contributed by atoms with Crippen molar-refractivity contribution in [2.75, 3.05) is 37.7 Å². The number of carbonyl (C=O) groups excluding carboxylic acids is 1. The number of amides is 1. The number of carbonyl (C=O) groups is 1. The molecule has 9 nitrogen and oxygen atoms in total. The third-order valence-corrected chi connectivity index (χ3v) is 6.13. The summed E-state index contributed by atoms with van der Waals surface area (Å²) in [6.07, 6.45) is 5.64. The quantitative estimate of drug-likeness (QED) is 0.366. The van der Waals surface area contributed by atoms with Crippen LogP contribution in [0.5, 0.6) is 5.88 Å². The molecule has 2 aromatic heterocycles. The number of ether oxygens (including phenoxy) is 2. The topological polar surface area (TPSA) is 93.6 Å². The summed E-state index contributed by atoms with van der Waals surface area (Å²) in [5, 5.41) is 1.02. The maximum atomic E-state index is 13.0. The number of anilines is 1. The van der Waals surface area contributed by atoms with E-state index in [2.05, 4.69) is 62.9 Å². The Bertz CT molecular complexity index is 1360. The predicted molar refractivity (Wildman–Crippen MR) is 141 cm³/mol. The Morgan fingerprint density at radius 1 is 1.05 bits per heavy atom. The molecule has 5 rings (SSSR count). The number of rotatable bonds is 7. The van der Waals surface area contributed by atoms with Gasteiger partial charge >= 0.3 is 6.09 Å². The number of benzene rings is 2. The fourth-order valence-corrected chi connectivity index (χ4v) is 4.46. The zero-order chi connectivity index (χ0) is 25.6. The summed E-state index contributed by atoms with van der Waals surface area (Å²) in [4.78, 5) is 34.0. The van der Waals surface area contributed by atoms with Gasteiger partial charge in [-0.3, -0.25) is 4.98 Å². The van der Waals surface area contributed by atoms with Crippen molar-refractivity contribution in [3.63, 3.8) is 0 Å². The Hall–Kier alpha value is -4.11. The van der Waals surface area contributed by atoms with Gasteiger partial charge in [-0.25, -0.2) is 19.7 Å². The molecule has 1 fully saturated rings. The van der Waals surface area contributed by atoms with Gasteiger partial charge in [-0.2, -0.15) is 0 Å². The number of morpholine rings is 1. The fourth-order valence-electron chi connectivity index (χ4n) is 4.46. The van der Waals surface area contributed by atoms with E-state index in [0.717, 1.165) is 46.5 Å². The molecule has 1 aliphatic rings. The average molecular weight is 499 g/mol. The van der Waals surface area contributed by atoms with E-state index in [-0.39, 0.29) is 11.8 Å². The second kappa shape index (κ2) is 11.3. The fraction of sp³-hybridized carbons (Fsp3) is 0.321. The Morgan fingerprint density at radius 3 is 2.68 bits per heavy atom. The molecule has 0 N–H and O–H groups in total. The van der Waals surface area contributed by atoms with Crippen LogP contribution in [0.1, 0.15) is 19.4 Å². The van der Waals surface area contributed by atoms with Gasteiger partial charge < -0.3 is 19.3 Å². The van der Waals surface area contributed by atoms with E-state index in [1.165, 1.54) is 18.6 Å². The van der Waals surface area contributed by atoms with Crippen molar-refractivity contribution < 1.29 is 14.3 Å². The minimum absolute atomic E-state index is 0.185. The monoisotopic (exact) mass is 498 g/mol. The van der Waals surface area contributed by atoms with E-state index in [1.807, 2.05) is 18.2 Å². The van der Waals surface area contributed by atoms with Gasteiger partial charge in [-0.1, -0.05) is 38.1 Å². The van der Waals surface area contributed by atoms with E-state index < -0.39 is 6.09 Å². The molecule has 0 radical (unpaired) electrons. The van der Waals surface area contributed by atoms with Gasteiger partial charge in [0.05, 0.1) is 24.9 Å². The molecule has 4 aromatic rings. The van der Waals surface area contributed by atoms with Crippen molar-refractivity contribution in [1.82, 2.24) is 24.8 Å². The van der Waals surface area contributed by atoms with Crippen LogP contribution >= 0.6 is 0 Å². The zero-order valence-corrected chi connectivity index (χ0v) is 21.1. The Balaban J connectivity index is 1.40. The minimum atomic E-state index is -0.447. The van der Waals surface area contributed by atoms with Gasteiger partial charge in [0, 0.05) is 44.0 Å². The van der Waals surface area contributed by atoms with Crippen LogP contribution in [0, 0.1) is 5.92 Å². The van der Waals surface area contributed by atoms with Crippen molar-refractivity contribution in [3.8, 4) is 17.0 Å². The highest BCUT2D eigenvalue weighted by molar-refractivity contribution is 5.93. The number of hydrogen-bond donors (Lipinski definition) is 0. The molecule has 0 bridgehead atoms. The first-order valence-corrected chi connectivity index (χ1v) is 12.5. The zero-order valence-electron chi connectivity index (χ0n) is 21.1. The first kappa shape index (κ1) is 24.6. The van der Waals surface area contributed by atoms with Crippen LogP contribution in [0.15, 0.2) is 67.4 Å². The standard InChI is InChI=1S/C28H30N6O3/c1-20(2)17-34(28(35)37-26-16-29-8-9-30-26)18-21-4-3-5-22(14-21)23-6-7-25-24(15-23)27(32-19-31-25)33-10-12-36-13-11-33/h3-9,14-16,19-20H,10-13,17-18H2,1-2H3. The summed E-state index contributed by atoms with van der Waals surface area (Å²) in [5.41, 5.74) is 4.04. The number of aromatic nitrogens is 4. The van der Waals surface area contributed by atoms with Crippen LogP contribution in [0.3, 0.4) is 0 Å². The molecule has 37 heavy (non-hydrogen) atoms. The Kier molecular flexibility index (Phi) is 7.51. The molecule has 0 saturated carbocycles. The third-order valence-electron chi connectivity index (χ3n) is 6.13. The molecule has 190 valence electrons. The third kappa shape index (κ3) is 6.00. The number of hydrogen-bond acceptors (Lipinski definition) is 8. The van der Waals surface area contributed by atoms with Crippen LogP contribution in [-0.4, -0.2) is 63.8 Å². The van der Waals surface area contributed by atoms with Crippen LogP contribution in [0.2, 0.25) is 0 Å². The van der Waals surface area contributed by atoms with E-state index >= 15 is 0 Å². The molecule has 2 aromatic carbocycles. The molecule has 0 atom stereocenters. The van der Waals surface area contributed by atoms with Gasteiger partial charge in [0.2, 0.25) is 5.88 Å². The Morgan fingerprint density at radius 2 is 1.89 bits per heavy atom. The lowest BCUT2D eigenvalue weighted by molar-refractivity contribution is 0.122. The summed E-state index contributed by atoms with van der Waals surface area (Å²) in [5.74, 6) is 1.39. The second-order valence-electron chi connectivity index (χ2n) is 9.41. The smallest absolute Gasteiger partial charge is 0.389 e. The van der Waals surface area contributed by atoms with Gasteiger partial charge in [0.25, 0.3) is 0 Å². The maximum absolute atomic E-state index is 13.0. The average Bonchev–Trinajstić information content (AvgIpc) is 2.93. The molecule has 1 aliphatic heterocycles. The summed E-state index contributed by atoms with van der Waals surface area (Å²) < 4.78 is 11.0. The summed E-state index contributed by atoms with van der Waals surface area (Å²) in [7, 11) is 0. The first-order valence-electron chi connectivity index (χ1n) is 12.5. The van der Waals surface area contributed by atoms with Crippen molar-refractivity contribution in [3.05, 3.63) is 72.9 Å². The van der Waals surface area contributed by atoms with E-state index in [1.54, 1.807) is 11.2 Å². The molecule has 0 unspecified atom stereocenters. The lowest BCUT2D eigenvalue weighted by Gasteiger charge is -2.28. The van der Waals surface area contributed by atoms with Crippen LogP contribution < -0.4 is 9.64 Å². The summed E-state index contributed by atoms with van der Waals surface area (Å²) in [6.45, 7) is 8.12. The largest absolute Gasteiger partial charge is 0.416 e. The lowest BCUT2D eigenvalue weighted by Crippen LogP contribution is -2.36. The predicted octanol–water partition coefficient (Wildman–Crippen LogP) is 4.58. The van der Waals surface area contributed by atoms with Crippen LogP contribution in [0.4, 0.5) is 10.6 Å². The molecule has 0 aliphatic carbocycles. The van der Waals surface area contributed by atoms with E-state index in [9.17, 15) is 4.79 Å². The highest BCUT2D eigenvalue weighted by Crippen LogP contribution is 2.30. The molecule has 9 heteroatoms. The van der Waals surface area contributed by atoms with Crippen molar-refractivity contribution in [1.29, 1.82) is 0 Å². The van der Waals surface area contributed by atoms with Gasteiger partial charge in [-0.05, 0) is 40.8 Å². The molecule has 1 amide bonds. The van der Waals surface area contributed by atoms with Gasteiger partial charge in [0.15, 0.2) is 0 Å². The van der Waals surface area contributed by atoms with Crippen LogP contribution in [-0.2, 0) is 11.3 Å². The van der Waals surface area contributed by atoms with Crippen molar-refractivity contribution >= 4 is 22.8 Å². The molecule has 3 heterocycles. The number of fused-ring (bicyclic) bond motifs is 1. The van der Waals surface area contributed by atoms with Crippen LogP contribution in [0.25, 0.3) is 22.0 Å². The molecule has 0 spiro atoms. The SMILES string of the molecule is CC(C)CN(Cc1cccc(-c2ccc3ncnc(N4CCOCC4)c3c2)c1)C(=O)Oc1cnccn1. The van der Waals surface area contributed by atoms with Crippen molar-refractivity contribution in [2.24, 2.45) is 5.92 Å². The number of nitrogens with zero attached hydrogens (tertiary/aromatic N) is 6. The van der Waals surface area contributed by atoms with Gasteiger partial charge in [0.1, 0.15) is 12.1 Å². The van der Waals surface area contributed by atoms with Crippen molar-refractivity contribution in [2.45, 2.75) is 20.4 Å². The normalized spacial score (nSPS) is 13.6. The highest BCUT2D eigenvalue weighted by atomic mass is 16.6. The second-order valence-corrected chi connectivity index (χ2v) is 9.41. The maximum Gasteiger partial charge on any atom is 0.416 e. The summed E-state index contributed by atoms with van der Waals surface area (Å²) >= 11 is 0. The highest BCUT2D eigenvalue weighted by Gasteiger charge is 2.19. The molecule has 1 saturated heterocycles. The Labute approximate surface area is 216 Å². The van der Waals surface area contributed by atoms with E-state index in [0.29, 0.717) is 26.3 Å². The first-order chi connectivity index (χ1) is 18.1. The van der Waals surface area contributed by atoms with E-state index in [4.69, 9.17) is 9.47 Å².